The fourth-order valence-corrected chi connectivity index (χ4v) is 3.95. The van der Waals surface area contributed by atoms with Crippen molar-refractivity contribution in [1.82, 2.24) is 14.9 Å². The summed E-state index contributed by atoms with van der Waals surface area (Å²) in [4.78, 5) is 18.8. The molecule has 0 spiro atoms. The van der Waals surface area contributed by atoms with Gasteiger partial charge in [-0.1, -0.05) is 0 Å². The number of aliphatic hydroxyl groups excluding tert-OH is 1. The number of hydrogen-bond acceptors (Lipinski definition) is 7. The van der Waals surface area contributed by atoms with Crippen LogP contribution in [0.5, 0.6) is 11.5 Å². The Hall–Kier alpha value is -3.81. The minimum absolute atomic E-state index is 0.109. The number of aliphatic hydroxyl groups is 1. The number of aromatic amines is 1. The summed E-state index contributed by atoms with van der Waals surface area (Å²) in [5, 5.41) is 10.8. The van der Waals surface area contributed by atoms with Gasteiger partial charge in [0.25, 0.3) is 0 Å². The summed E-state index contributed by atoms with van der Waals surface area (Å²) >= 11 is 0. The number of imidazole rings is 1. The molecule has 3 heterocycles. The second-order valence-electron chi connectivity index (χ2n) is 7.12. The third-order valence-corrected chi connectivity index (χ3v) is 5.45. The first kappa shape index (κ1) is 18.2. The topological polar surface area (TPSA) is 95.3 Å². The zero-order valence-corrected chi connectivity index (χ0v) is 16.9. The zero-order valence-electron chi connectivity index (χ0n) is 16.9. The van der Waals surface area contributed by atoms with Crippen molar-refractivity contribution >= 4 is 34.2 Å². The molecule has 0 aliphatic carbocycles. The van der Waals surface area contributed by atoms with Gasteiger partial charge in [0, 0.05) is 23.7 Å². The van der Waals surface area contributed by atoms with E-state index in [4.69, 9.17) is 14.5 Å². The van der Waals surface area contributed by atoms with E-state index < -0.39 is 0 Å². The standard InChI is InChI=1S/C22H21N5O3/c1-12-18(29-2)9-14-20(21(12)30-3)26-19(27-7-6-23-22(14)27)10-17(28)13-4-5-15-16(8-13)25-11-24-15/h4-5,8-11,28H,6-7H2,1-3H3,(H,24,25)/b17-10-. The highest BCUT2D eigenvalue weighted by Crippen LogP contribution is 2.43. The highest BCUT2D eigenvalue weighted by molar-refractivity contribution is 6.20. The summed E-state index contributed by atoms with van der Waals surface area (Å²) in [5.74, 6) is 2.89. The smallest absolute Gasteiger partial charge is 0.151 e. The van der Waals surface area contributed by atoms with Crippen molar-refractivity contribution in [2.45, 2.75) is 6.92 Å². The van der Waals surface area contributed by atoms with Gasteiger partial charge >= 0.3 is 0 Å². The molecule has 3 aromatic rings. The van der Waals surface area contributed by atoms with Crippen LogP contribution < -0.4 is 9.47 Å². The lowest BCUT2D eigenvalue weighted by molar-refractivity contribution is 0.389. The number of rotatable bonds is 4. The summed E-state index contributed by atoms with van der Waals surface area (Å²) in [6.07, 6.45) is 3.30. The van der Waals surface area contributed by atoms with Gasteiger partial charge in [0.05, 0.1) is 43.7 Å². The number of aliphatic imine (C=N–C) groups is 2. The van der Waals surface area contributed by atoms with Gasteiger partial charge in [0.15, 0.2) is 5.75 Å². The van der Waals surface area contributed by atoms with Crippen molar-refractivity contribution in [3.63, 3.8) is 0 Å². The van der Waals surface area contributed by atoms with Gasteiger partial charge in [0.2, 0.25) is 0 Å². The number of amidine groups is 2. The summed E-state index contributed by atoms with van der Waals surface area (Å²) in [5.41, 5.74) is 4.79. The molecule has 0 fully saturated rings. The van der Waals surface area contributed by atoms with Gasteiger partial charge in [-0.2, -0.15) is 0 Å². The van der Waals surface area contributed by atoms with E-state index in [2.05, 4.69) is 15.0 Å². The van der Waals surface area contributed by atoms with Crippen LogP contribution in [0.4, 0.5) is 5.69 Å². The largest absolute Gasteiger partial charge is 0.507 e. The molecular formula is C22H21N5O3. The number of aromatic nitrogens is 2. The third-order valence-electron chi connectivity index (χ3n) is 5.45. The molecule has 0 unspecified atom stereocenters. The number of hydrogen-bond donors (Lipinski definition) is 2. The molecule has 0 saturated heterocycles. The van der Waals surface area contributed by atoms with Crippen LogP contribution in [-0.4, -0.2) is 59.0 Å². The van der Waals surface area contributed by atoms with Crippen LogP contribution in [-0.2, 0) is 0 Å². The molecular weight excluding hydrogens is 382 g/mol. The van der Waals surface area contributed by atoms with Crippen LogP contribution in [0.3, 0.4) is 0 Å². The van der Waals surface area contributed by atoms with E-state index in [1.54, 1.807) is 26.6 Å². The van der Waals surface area contributed by atoms with Crippen LogP contribution in [0.15, 0.2) is 46.7 Å². The molecule has 0 saturated carbocycles. The first-order valence-electron chi connectivity index (χ1n) is 9.61. The van der Waals surface area contributed by atoms with Gasteiger partial charge in [-0.3, -0.25) is 4.99 Å². The molecule has 8 heteroatoms. The summed E-state index contributed by atoms with van der Waals surface area (Å²) in [7, 11) is 3.25. The quantitative estimate of drug-likeness (QED) is 0.649. The lowest BCUT2D eigenvalue weighted by Gasteiger charge is -2.28. The molecule has 1 aromatic heterocycles. The monoisotopic (exact) mass is 403 g/mol. The molecule has 152 valence electrons. The van der Waals surface area contributed by atoms with E-state index in [1.807, 2.05) is 36.1 Å². The van der Waals surface area contributed by atoms with Crippen molar-refractivity contribution in [1.29, 1.82) is 0 Å². The van der Waals surface area contributed by atoms with E-state index in [-0.39, 0.29) is 5.76 Å². The number of fused-ring (bicyclic) bond motifs is 4. The second kappa shape index (κ2) is 6.91. The minimum atomic E-state index is 0.109. The number of nitrogens with zero attached hydrogens (tertiary/aromatic N) is 4. The van der Waals surface area contributed by atoms with Crippen LogP contribution in [0.1, 0.15) is 16.7 Å². The predicted molar refractivity (Wildman–Crippen MR) is 116 cm³/mol. The van der Waals surface area contributed by atoms with Crippen LogP contribution in [0.25, 0.3) is 16.8 Å². The lowest BCUT2D eigenvalue weighted by Crippen LogP contribution is -2.36. The van der Waals surface area contributed by atoms with Gasteiger partial charge in [-0.25, -0.2) is 9.98 Å². The maximum atomic E-state index is 10.8. The molecule has 0 amide bonds. The van der Waals surface area contributed by atoms with Crippen molar-refractivity contribution in [3.05, 3.63) is 53.4 Å². The number of H-pyrrole nitrogens is 1. The normalized spacial score (nSPS) is 15.6. The van der Waals surface area contributed by atoms with Gasteiger partial charge in [-0.05, 0) is 31.2 Å². The first-order valence-corrected chi connectivity index (χ1v) is 9.61. The Kier molecular flexibility index (Phi) is 4.20. The van der Waals surface area contributed by atoms with E-state index in [0.29, 0.717) is 35.9 Å². The van der Waals surface area contributed by atoms with Crippen molar-refractivity contribution < 1.29 is 14.6 Å². The second-order valence-corrected chi connectivity index (χ2v) is 7.12. The Balaban J connectivity index is 1.65. The maximum Gasteiger partial charge on any atom is 0.151 e. The molecule has 2 N–H and O–H groups in total. The van der Waals surface area contributed by atoms with Crippen molar-refractivity contribution in [2.75, 3.05) is 27.3 Å². The SMILES string of the molecule is COc1cc2c(c(OC)c1C)N=C(/C=C(\O)c1ccc3[nH]cnc3c1)N1CCN=C21. The van der Waals surface area contributed by atoms with Gasteiger partial charge < -0.3 is 24.5 Å². The summed E-state index contributed by atoms with van der Waals surface area (Å²) in [6.45, 7) is 3.27. The Morgan fingerprint density at radius 3 is 2.90 bits per heavy atom. The number of benzene rings is 2. The minimum Gasteiger partial charge on any atom is -0.507 e. The highest BCUT2D eigenvalue weighted by atomic mass is 16.5. The highest BCUT2D eigenvalue weighted by Gasteiger charge is 2.32. The molecule has 2 aliphatic heterocycles. The Bertz CT molecular complexity index is 1260. The average molecular weight is 403 g/mol. The lowest BCUT2D eigenvalue weighted by atomic mass is 10.0. The van der Waals surface area contributed by atoms with E-state index in [9.17, 15) is 5.11 Å². The molecule has 0 bridgehead atoms. The van der Waals surface area contributed by atoms with Crippen molar-refractivity contribution in [3.8, 4) is 11.5 Å². The fraction of sp³-hybridized carbons (Fsp3) is 0.227. The van der Waals surface area contributed by atoms with Crippen LogP contribution in [0, 0.1) is 6.92 Å². The number of ether oxygens (including phenoxy) is 2. The van der Waals surface area contributed by atoms with E-state index in [1.165, 1.54) is 0 Å². The predicted octanol–water partition coefficient (Wildman–Crippen LogP) is 3.59. The van der Waals surface area contributed by atoms with E-state index >= 15 is 0 Å². The number of nitrogens with one attached hydrogen (secondary N) is 1. The zero-order chi connectivity index (χ0) is 20.8. The van der Waals surface area contributed by atoms with Crippen LogP contribution in [0.2, 0.25) is 0 Å². The Labute approximate surface area is 173 Å². The van der Waals surface area contributed by atoms with E-state index in [0.717, 1.165) is 33.7 Å². The molecule has 0 radical (unpaired) electrons. The summed E-state index contributed by atoms with van der Waals surface area (Å²) < 4.78 is 11.2. The first-order chi connectivity index (χ1) is 14.6. The third kappa shape index (κ3) is 2.72. The molecule has 5 rings (SSSR count). The number of methoxy groups -OCH3 is 2. The van der Waals surface area contributed by atoms with Gasteiger partial charge in [0.1, 0.15) is 28.9 Å². The summed E-state index contributed by atoms with van der Waals surface area (Å²) in [6, 6.07) is 7.52. The Morgan fingerprint density at radius 2 is 2.10 bits per heavy atom. The molecule has 2 aromatic carbocycles. The van der Waals surface area contributed by atoms with Crippen LogP contribution >= 0.6 is 0 Å². The molecule has 2 aliphatic rings. The Morgan fingerprint density at radius 1 is 1.23 bits per heavy atom. The van der Waals surface area contributed by atoms with Crippen molar-refractivity contribution in [2.24, 2.45) is 9.98 Å². The molecule has 8 nitrogen and oxygen atoms in total. The molecule has 0 atom stereocenters. The average Bonchev–Trinajstić information content (AvgIpc) is 3.42. The maximum absolute atomic E-state index is 10.8. The molecule has 30 heavy (non-hydrogen) atoms. The fourth-order valence-electron chi connectivity index (χ4n) is 3.95. The van der Waals surface area contributed by atoms with Gasteiger partial charge in [-0.15, -0.1) is 0 Å².